The molecule has 0 bridgehead atoms. The summed E-state index contributed by atoms with van der Waals surface area (Å²) in [6.07, 6.45) is 0. The van der Waals surface area contributed by atoms with Gasteiger partial charge in [-0.05, 0) is 102 Å². The molecule has 4 aromatic carbocycles. The van der Waals surface area contributed by atoms with Gasteiger partial charge < -0.3 is 21.1 Å². The van der Waals surface area contributed by atoms with Crippen LogP contribution in [0.2, 0.25) is 39.3 Å². The minimum atomic E-state index is -2.46. The van der Waals surface area contributed by atoms with Gasteiger partial charge >= 0.3 is 23.1 Å². The van der Waals surface area contributed by atoms with Gasteiger partial charge in [0.05, 0.1) is 49.4 Å². The molecule has 0 fully saturated rings. The second kappa shape index (κ2) is 16.8. The van der Waals surface area contributed by atoms with Gasteiger partial charge in [0.15, 0.2) is 0 Å². The number of imidazole rings is 3. The normalized spacial score (nSPS) is 12.4. The van der Waals surface area contributed by atoms with Gasteiger partial charge in [-0.2, -0.15) is 0 Å². The largest absolute Gasteiger partial charge is 2.00 e. The third-order valence-corrected chi connectivity index (χ3v) is 30.0. The minimum absolute atomic E-state index is 0. The van der Waals surface area contributed by atoms with E-state index in [4.69, 9.17) is 15.0 Å². The number of benzene rings is 4. The zero-order valence-electron chi connectivity index (χ0n) is 35.0. The van der Waals surface area contributed by atoms with Crippen molar-refractivity contribution in [1.29, 1.82) is 0 Å². The fourth-order valence-corrected chi connectivity index (χ4v) is 34.7. The van der Waals surface area contributed by atoms with E-state index < -0.39 is 24.2 Å². The Morgan fingerprint density at radius 2 is 0.630 bits per heavy atom. The van der Waals surface area contributed by atoms with Crippen molar-refractivity contribution in [1.82, 2.24) is 28.7 Å². The third kappa shape index (κ3) is 7.74. The van der Waals surface area contributed by atoms with Crippen molar-refractivity contribution in [2.45, 2.75) is 99.0 Å². The van der Waals surface area contributed by atoms with Crippen molar-refractivity contribution in [3.8, 4) is 0 Å². The molecule has 280 valence electrons. The van der Waals surface area contributed by atoms with Gasteiger partial charge in [0.25, 0.3) is 0 Å². The van der Waals surface area contributed by atoms with Crippen molar-refractivity contribution in [3.05, 3.63) is 121 Å². The van der Waals surface area contributed by atoms with E-state index in [2.05, 4.69) is 167 Å². The topological polar surface area (TPSA) is 53.5 Å². The Morgan fingerprint density at radius 1 is 0.407 bits per heavy atom. The van der Waals surface area contributed by atoms with E-state index in [9.17, 15) is 0 Å². The van der Waals surface area contributed by atoms with Gasteiger partial charge in [0.2, 0.25) is 0 Å². The molecule has 0 amide bonds. The number of hydrogen-bond acceptors (Lipinski definition) is 3. The van der Waals surface area contributed by atoms with Crippen molar-refractivity contribution >= 4 is 96.7 Å². The molecule has 3 heterocycles. The standard InChI is InChI=1S/C37H51N6Si3.C6H6.CH3.Mg/c1-25(2)41-31-22-16-13-19-28(31)38-34(41)44(7,8)37(45(9,10)35-39-29-20-14-17-23-32(29)42(35)26(3)4)46(11,12)36-40-30-21-15-18-24-33(30)43(36)27(5)6;1-2-4-6-5-3-1;;/h13-27H,1-12H3;1-6H;1H3;/q-1;;-1;+2. The van der Waals surface area contributed by atoms with Gasteiger partial charge in [-0.15, -0.1) is 0 Å². The van der Waals surface area contributed by atoms with Crippen molar-refractivity contribution in [3.63, 3.8) is 0 Å². The summed E-state index contributed by atoms with van der Waals surface area (Å²) in [5.74, 6) is 0. The molecule has 7 aromatic rings. The number of aromatic nitrogens is 6. The summed E-state index contributed by atoms with van der Waals surface area (Å²) in [4.78, 5) is 18.4. The number of nitrogens with zero attached hydrogens (tertiary/aromatic N) is 6. The zero-order chi connectivity index (χ0) is 37.6. The van der Waals surface area contributed by atoms with Gasteiger partial charge in [-0.1, -0.05) is 112 Å². The molecule has 6 nitrogen and oxygen atoms in total. The van der Waals surface area contributed by atoms with E-state index in [1.165, 1.54) is 32.9 Å². The summed E-state index contributed by atoms with van der Waals surface area (Å²) in [7, 11) is -7.39. The van der Waals surface area contributed by atoms with Crippen LogP contribution in [0.15, 0.2) is 109 Å². The molecule has 0 N–H and O–H groups in total. The molecule has 0 radical (unpaired) electrons. The van der Waals surface area contributed by atoms with Crippen LogP contribution in [-0.2, 0) is 0 Å². The van der Waals surface area contributed by atoms with Crippen LogP contribution in [0.5, 0.6) is 0 Å². The van der Waals surface area contributed by atoms with Crippen LogP contribution >= 0.6 is 0 Å². The molecule has 0 aliphatic rings. The zero-order valence-corrected chi connectivity index (χ0v) is 39.4. The summed E-state index contributed by atoms with van der Waals surface area (Å²) in [6, 6.07) is 39.0. The smallest absolute Gasteiger partial charge is 0.358 e. The first-order valence-corrected chi connectivity index (χ1v) is 27.9. The first kappa shape index (κ1) is 43.4. The predicted octanol–water partition coefficient (Wildman–Crippen LogP) is 9.57. The Balaban J connectivity index is 0.000000741. The van der Waals surface area contributed by atoms with E-state index in [0.717, 1.165) is 16.6 Å². The molecule has 0 aliphatic carbocycles. The van der Waals surface area contributed by atoms with Crippen LogP contribution < -0.4 is 16.3 Å². The Labute approximate surface area is 343 Å². The fourth-order valence-electron chi connectivity index (χ4n) is 9.09. The Hall–Kier alpha value is -3.29. The van der Waals surface area contributed by atoms with Crippen LogP contribution in [-0.4, -0.2) is 75.9 Å². The van der Waals surface area contributed by atoms with E-state index in [1.807, 2.05) is 36.4 Å². The number of rotatable bonds is 9. The number of fused-ring (bicyclic) bond motifs is 3. The second-order valence-corrected chi connectivity index (χ2v) is 30.7. The summed E-state index contributed by atoms with van der Waals surface area (Å²) in [5.41, 5.74) is 10.8. The summed E-state index contributed by atoms with van der Waals surface area (Å²) in [6.45, 7) is 29.3. The average Bonchev–Trinajstić information content (AvgIpc) is 3.82. The van der Waals surface area contributed by atoms with Crippen LogP contribution in [0.1, 0.15) is 59.7 Å². The molecular formula is C44H60MgN6Si3. The van der Waals surface area contributed by atoms with E-state index >= 15 is 0 Å². The van der Waals surface area contributed by atoms with E-state index in [-0.39, 0.29) is 30.5 Å². The van der Waals surface area contributed by atoms with Gasteiger partial charge in [-0.25, -0.2) is 15.0 Å². The molecule has 0 spiro atoms. The first-order chi connectivity index (χ1) is 24.6. The maximum absolute atomic E-state index is 5.54. The molecule has 0 saturated heterocycles. The Bertz CT molecular complexity index is 2040. The SMILES string of the molecule is CC(C)n1c([Si](C)(C)[C-]([Si](C)(C)c2nc3ccccc3n2C(C)C)[Si](C)(C)c2nc3ccccc3n2C(C)C)nc2ccccc21.[CH3-].[Mg+2].c1ccccc1. The van der Waals surface area contributed by atoms with Crippen molar-refractivity contribution in [2.75, 3.05) is 0 Å². The van der Waals surface area contributed by atoms with Crippen molar-refractivity contribution < 1.29 is 0 Å². The summed E-state index contributed by atoms with van der Waals surface area (Å²) >= 11 is 0. The molecule has 7 rings (SSSR count). The maximum atomic E-state index is 5.54. The van der Waals surface area contributed by atoms with Gasteiger partial charge in [0.1, 0.15) is 0 Å². The van der Waals surface area contributed by atoms with Gasteiger partial charge in [-0.3, -0.25) is 4.79 Å². The predicted molar refractivity (Wildman–Crippen MR) is 244 cm³/mol. The third-order valence-electron chi connectivity index (χ3n) is 10.6. The number of hydrogen-bond donors (Lipinski definition) is 0. The molecule has 3 aromatic heterocycles. The van der Waals surface area contributed by atoms with E-state index in [1.54, 1.807) is 4.79 Å². The fraction of sp³-hybridized carbons (Fsp3) is 0.341. The van der Waals surface area contributed by atoms with Gasteiger partial charge in [0, 0.05) is 18.1 Å². The summed E-state index contributed by atoms with van der Waals surface area (Å²) in [5, 5.41) is 0. The molecule has 10 heteroatoms. The number of para-hydroxylation sites is 6. The second-order valence-electron chi connectivity index (χ2n) is 16.6. The molecule has 0 unspecified atom stereocenters. The molecule has 0 aliphatic heterocycles. The van der Waals surface area contributed by atoms with Crippen LogP contribution in [0.3, 0.4) is 0 Å². The minimum Gasteiger partial charge on any atom is -0.358 e. The average molecular weight is 782 g/mol. The molecule has 54 heavy (non-hydrogen) atoms. The molecular weight excluding hydrogens is 721 g/mol. The molecule has 0 atom stereocenters. The van der Waals surface area contributed by atoms with Crippen molar-refractivity contribution in [2.24, 2.45) is 0 Å². The quantitative estimate of drug-likeness (QED) is 0.108. The van der Waals surface area contributed by atoms with E-state index in [0.29, 0.717) is 18.1 Å². The van der Waals surface area contributed by atoms with Crippen LogP contribution in [0, 0.1) is 12.2 Å². The van der Waals surface area contributed by atoms with Crippen LogP contribution in [0.25, 0.3) is 33.1 Å². The first-order valence-electron chi connectivity index (χ1n) is 18.9. The monoisotopic (exact) mass is 780 g/mol. The Morgan fingerprint density at radius 3 is 0.852 bits per heavy atom. The maximum Gasteiger partial charge on any atom is 2.00 e. The molecule has 0 saturated carbocycles. The van der Waals surface area contributed by atoms with Crippen LogP contribution in [0.4, 0.5) is 0 Å². The summed E-state index contributed by atoms with van der Waals surface area (Å²) < 4.78 is 7.65. The Kier molecular flexibility index (Phi) is 13.5.